The van der Waals surface area contributed by atoms with E-state index in [1.807, 2.05) is 43.3 Å². The van der Waals surface area contributed by atoms with Crippen molar-refractivity contribution in [3.63, 3.8) is 0 Å². The molecule has 0 saturated heterocycles. The van der Waals surface area contributed by atoms with E-state index in [4.69, 9.17) is 9.26 Å². The Morgan fingerprint density at radius 2 is 1.93 bits per heavy atom. The molecule has 1 N–H and O–H groups in total. The number of ether oxygens (including phenoxy) is 1. The Labute approximate surface area is 164 Å². The van der Waals surface area contributed by atoms with Crippen LogP contribution in [0.1, 0.15) is 43.3 Å². The third-order valence-electron chi connectivity index (χ3n) is 4.64. The molecule has 3 aromatic rings. The second kappa shape index (κ2) is 9.17. The molecule has 0 aliphatic heterocycles. The van der Waals surface area contributed by atoms with Gasteiger partial charge in [0.25, 0.3) is 0 Å². The van der Waals surface area contributed by atoms with Gasteiger partial charge in [-0.15, -0.1) is 0 Å². The first-order valence-electron chi connectivity index (χ1n) is 9.45. The van der Waals surface area contributed by atoms with Crippen LogP contribution >= 0.6 is 0 Å². The Hall–Kier alpha value is -3.15. The van der Waals surface area contributed by atoms with E-state index >= 15 is 0 Å². The molecule has 6 heteroatoms. The van der Waals surface area contributed by atoms with Crippen molar-refractivity contribution in [2.45, 2.75) is 39.2 Å². The molecule has 1 unspecified atom stereocenters. The van der Waals surface area contributed by atoms with Crippen LogP contribution in [0.5, 0.6) is 5.75 Å². The van der Waals surface area contributed by atoms with Gasteiger partial charge in [-0.3, -0.25) is 4.79 Å². The molecule has 146 valence electrons. The molecule has 1 heterocycles. The SMILES string of the molecule is CCc1ccc(-c2noc(CCC(=O)NC(C)c3ccccc3OC)n2)cc1. The van der Waals surface area contributed by atoms with Crippen LogP contribution in [0.3, 0.4) is 0 Å². The van der Waals surface area contributed by atoms with Crippen LogP contribution in [-0.2, 0) is 17.6 Å². The quantitative estimate of drug-likeness (QED) is 0.637. The van der Waals surface area contributed by atoms with Gasteiger partial charge in [-0.25, -0.2) is 0 Å². The maximum absolute atomic E-state index is 12.3. The highest BCUT2D eigenvalue weighted by atomic mass is 16.5. The number of methoxy groups -OCH3 is 1. The van der Waals surface area contributed by atoms with Gasteiger partial charge in [-0.1, -0.05) is 54.5 Å². The lowest BCUT2D eigenvalue weighted by molar-refractivity contribution is -0.121. The van der Waals surface area contributed by atoms with E-state index in [0.717, 1.165) is 23.3 Å². The number of nitrogens with one attached hydrogen (secondary N) is 1. The lowest BCUT2D eigenvalue weighted by atomic mass is 10.1. The number of amides is 1. The molecule has 28 heavy (non-hydrogen) atoms. The highest BCUT2D eigenvalue weighted by Crippen LogP contribution is 2.24. The Morgan fingerprint density at radius 3 is 2.64 bits per heavy atom. The predicted octanol–water partition coefficient (Wildman–Crippen LogP) is 4.12. The first-order chi connectivity index (χ1) is 13.6. The van der Waals surface area contributed by atoms with Crippen LogP contribution < -0.4 is 10.1 Å². The molecule has 1 amide bonds. The number of nitrogens with zero attached hydrogens (tertiary/aromatic N) is 2. The normalized spacial score (nSPS) is 11.8. The van der Waals surface area contributed by atoms with Crippen LogP contribution in [-0.4, -0.2) is 23.2 Å². The number of aromatic nitrogens is 2. The fourth-order valence-corrected chi connectivity index (χ4v) is 3.00. The molecular weight excluding hydrogens is 354 g/mol. The van der Waals surface area contributed by atoms with Crippen molar-refractivity contribution >= 4 is 5.91 Å². The van der Waals surface area contributed by atoms with Gasteiger partial charge >= 0.3 is 0 Å². The highest BCUT2D eigenvalue weighted by Gasteiger charge is 2.15. The average Bonchev–Trinajstić information content (AvgIpc) is 3.21. The fraction of sp³-hybridized carbons (Fsp3) is 0.318. The van der Waals surface area contributed by atoms with Crippen LogP contribution in [0.25, 0.3) is 11.4 Å². The first kappa shape index (κ1) is 19.6. The number of carbonyl (C=O) groups excluding carboxylic acids is 1. The molecule has 0 aliphatic carbocycles. The average molecular weight is 379 g/mol. The van der Waals surface area contributed by atoms with Gasteiger partial charge < -0.3 is 14.6 Å². The van der Waals surface area contributed by atoms with Crippen molar-refractivity contribution in [1.29, 1.82) is 0 Å². The van der Waals surface area contributed by atoms with Crippen molar-refractivity contribution < 1.29 is 14.1 Å². The zero-order valence-electron chi connectivity index (χ0n) is 16.4. The third-order valence-corrected chi connectivity index (χ3v) is 4.64. The summed E-state index contributed by atoms with van der Waals surface area (Å²) >= 11 is 0. The van der Waals surface area contributed by atoms with Crippen molar-refractivity contribution in [1.82, 2.24) is 15.5 Å². The first-order valence-corrected chi connectivity index (χ1v) is 9.45. The Morgan fingerprint density at radius 1 is 1.18 bits per heavy atom. The summed E-state index contributed by atoms with van der Waals surface area (Å²) < 4.78 is 10.6. The molecule has 0 spiro atoms. The van der Waals surface area contributed by atoms with Gasteiger partial charge in [-0.2, -0.15) is 4.98 Å². The number of hydrogen-bond acceptors (Lipinski definition) is 5. The van der Waals surface area contributed by atoms with Gasteiger partial charge in [0.15, 0.2) is 0 Å². The second-order valence-electron chi connectivity index (χ2n) is 6.59. The van der Waals surface area contributed by atoms with Gasteiger partial charge in [0, 0.05) is 24.0 Å². The lowest BCUT2D eigenvalue weighted by Gasteiger charge is -2.17. The summed E-state index contributed by atoms with van der Waals surface area (Å²) in [5.74, 6) is 1.67. The van der Waals surface area contributed by atoms with Crippen LogP contribution in [0.15, 0.2) is 53.1 Å². The van der Waals surface area contributed by atoms with Crippen molar-refractivity contribution in [3.05, 3.63) is 65.5 Å². The maximum Gasteiger partial charge on any atom is 0.227 e. The predicted molar refractivity (Wildman–Crippen MR) is 107 cm³/mol. The molecular formula is C22H25N3O3. The minimum Gasteiger partial charge on any atom is -0.496 e. The number of rotatable bonds is 8. The molecule has 3 rings (SSSR count). The minimum absolute atomic E-state index is 0.0783. The summed E-state index contributed by atoms with van der Waals surface area (Å²) in [6.07, 6.45) is 1.65. The summed E-state index contributed by atoms with van der Waals surface area (Å²) in [6, 6.07) is 15.6. The zero-order valence-corrected chi connectivity index (χ0v) is 16.4. The van der Waals surface area contributed by atoms with Gasteiger partial charge in [0.2, 0.25) is 17.6 Å². The molecule has 0 radical (unpaired) electrons. The van der Waals surface area contributed by atoms with Crippen LogP contribution in [0.2, 0.25) is 0 Å². The molecule has 0 bridgehead atoms. The van der Waals surface area contributed by atoms with E-state index in [-0.39, 0.29) is 18.4 Å². The molecule has 0 fully saturated rings. The Balaban J connectivity index is 1.55. The topological polar surface area (TPSA) is 77.2 Å². The molecule has 2 aromatic carbocycles. The van der Waals surface area contributed by atoms with Gasteiger partial charge in [0.05, 0.1) is 13.2 Å². The smallest absolute Gasteiger partial charge is 0.227 e. The lowest BCUT2D eigenvalue weighted by Crippen LogP contribution is -2.27. The minimum atomic E-state index is -0.154. The fourth-order valence-electron chi connectivity index (χ4n) is 3.00. The number of aryl methyl sites for hydroxylation is 2. The summed E-state index contributed by atoms with van der Waals surface area (Å²) in [7, 11) is 1.62. The molecule has 1 aromatic heterocycles. The number of carbonyl (C=O) groups is 1. The number of hydrogen-bond donors (Lipinski definition) is 1. The van der Waals surface area contributed by atoms with E-state index in [1.54, 1.807) is 7.11 Å². The summed E-state index contributed by atoms with van der Waals surface area (Å²) in [5.41, 5.74) is 3.10. The second-order valence-corrected chi connectivity index (χ2v) is 6.59. The van der Waals surface area contributed by atoms with E-state index in [2.05, 4.69) is 34.5 Å². The van der Waals surface area contributed by atoms with E-state index in [1.165, 1.54) is 5.56 Å². The monoisotopic (exact) mass is 379 g/mol. The zero-order chi connectivity index (χ0) is 19.9. The summed E-state index contributed by atoms with van der Waals surface area (Å²) in [4.78, 5) is 16.7. The van der Waals surface area contributed by atoms with E-state index in [9.17, 15) is 4.79 Å². The number of benzene rings is 2. The van der Waals surface area contributed by atoms with E-state index in [0.29, 0.717) is 18.1 Å². The maximum atomic E-state index is 12.3. The largest absolute Gasteiger partial charge is 0.496 e. The van der Waals surface area contributed by atoms with E-state index < -0.39 is 0 Å². The van der Waals surface area contributed by atoms with Gasteiger partial charge in [0.1, 0.15) is 5.75 Å². The number of para-hydroxylation sites is 1. The summed E-state index contributed by atoms with van der Waals surface area (Å²) in [5, 5.41) is 7.00. The van der Waals surface area contributed by atoms with Crippen molar-refractivity contribution in [2.75, 3.05) is 7.11 Å². The standard InChI is InChI=1S/C22H25N3O3/c1-4-16-9-11-17(12-10-16)22-24-21(28-25-22)14-13-20(26)23-15(2)18-7-5-6-8-19(18)27-3/h5-12,15H,4,13-14H2,1-3H3,(H,23,26). The van der Waals surface area contributed by atoms with Crippen LogP contribution in [0, 0.1) is 0 Å². The molecule has 1 atom stereocenters. The van der Waals surface area contributed by atoms with Crippen molar-refractivity contribution in [3.8, 4) is 17.1 Å². The van der Waals surface area contributed by atoms with Gasteiger partial charge in [-0.05, 0) is 25.0 Å². The highest BCUT2D eigenvalue weighted by molar-refractivity contribution is 5.76. The molecule has 0 saturated carbocycles. The third kappa shape index (κ3) is 4.76. The molecule has 6 nitrogen and oxygen atoms in total. The molecule has 0 aliphatic rings. The Bertz CT molecular complexity index is 919. The summed E-state index contributed by atoms with van der Waals surface area (Å²) in [6.45, 7) is 4.04. The van der Waals surface area contributed by atoms with Crippen molar-refractivity contribution in [2.24, 2.45) is 0 Å². The van der Waals surface area contributed by atoms with Crippen LogP contribution in [0.4, 0.5) is 0 Å². The Kier molecular flexibility index (Phi) is 6.42.